The van der Waals surface area contributed by atoms with Crippen molar-refractivity contribution in [1.29, 1.82) is 0 Å². The van der Waals surface area contributed by atoms with Gasteiger partial charge >= 0.3 is 16.3 Å². The summed E-state index contributed by atoms with van der Waals surface area (Å²) in [6.45, 7) is 23.4. The van der Waals surface area contributed by atoms with Gasteiger partial charge in [0.25, 0.3) is 5.91 Å². The molecule has 2 amide bonds. The minimum Gasteiger partial charge on any atom is -0.457 e. The van der Waals surface area contributed by atoms with Crippen molar-refractivity contribution in [2.75, 3.05) is 38.0 Å². The number of amides is 2. The molecule has 3 aromatic rings. The molecule has 0 radical (unpaired) electrons. The lowest BCUT2D eigenvalue weighted by molar-refractivity contribution is -0.152. The molecule has 24 heteroatoms. The Labute approximate surface area is 384 Å². The van der Waals surface area contributed by atoms with E-state index in [4.69, 9.17) is 33.0 Å². The summed E-state index contributed by atoms with van der Waals surface area (Å²) in [6, 6.07) is 2.84. The van der Waals surface area contributed by atoms with E-state index in [2.05, 4.69) is 99.3 Å². The van der Waals surface area contributed by atoms with Crippen LogP contribution in [0.15, 0.2) is 54.1 Å². The number of rotatable bonds is 19. The highest BCUT2D eigenvalue weighted by Crippen LogP contribution is 2.46. The van der Waals surface area contributed by atoms with Gasteiger partial charge in [0.2, 0.25) is 5.91 Å². The lowest BCUT2D eigenvalue weighted by Crippen LogP contribution is -2.70. The number of esters is 1. The lowest BCUT2D eigenvalue weighted by Gasteiger charge is -2.49. The van der Waals surface area contributed by atoms with E-state index in [1.54, 1.807) is 10.9 Å². The van der Waals surface area contributed by atoms with Crippen LogP contribution in [0.1, 0.15) is 52.6 Å². The molecule has 2 unspecified atom stereocenters. The number of carbonyl (C=O) groups excluding carboxylic acids is 3. The molecule has 2 fully saturated rings. The van der Waals surface area contributed by atoms with Gasteiger partial charge in [0, 0.05) is 10.6 Å². The smallest absolute Gasteiger partial charge is 0.355 e. The molecular formula is C40H60N8O11S3Si2. The molecule has 0 spiro atoms. The van der Waals surface area contributed by atoms with Crippen LogP contribution < -0.4 is 15.8 Å². The molecule has 0 aliphatic carbocycles. The first kappa shape index (κ1) is 49.9. The number of nitrogens with two attached hydrogens (primary N) is 1. The zero-order valence-corrected chi connectivity index (χ0v) is 42.4. The molecule has 0 saturated carbocycles. The Morgan fingerprint density at radius 1 is 1.06 bits per heavy atom. The van der Waals surface area contributed by atoms with Gasteiger partial charge < -0.3 is 34.1 Å². The Bertz CT molecular complexity index is 2350. The number of nitrogens with zero attached hydrogens (tertiary/aromatic N) is 5. The van der Waals surface area contributed by atoms with Crippen molar-refractivity contribution in [3.8, 4) is 0 Å². The second kappa shape index (κ2) is 19.3. The van der Waals surface area contributed by atoms with Gasteiger partial charge in [-0.25, -0.2) is 19.7 Å². The largest absolute Gasteiger partial charge is 0.457 e. The number of hydrogen-bond acceptors (Lipinski definition) is 17. The van der Waals surface area contributed by atoms with Gasteiger partial charge in [-0.3, -0.25) is 23.2 Å². The summed E-state index contributed by atoms with van der Waals surface area (Å²) in [5.41, 5.74) is 7.33. The summed E-state index contributed by atoms with van der Waals surface area (Å²) in [5, 5.41) is 3.67. The summed E-state index contributed by atoms with van der Waals surface area (Å²) < 4.78 is 68.5. The first-order valence-electron chi connectivity index (χ1n) is 20.8. The van der Waals surface area contributed by atoms with Gasteiger partial charge in [0.15, 0.2) is 34.3 Å². The average molecular weight is 981 g/mol. The summed E-state index contributed by atoms with van der Waals surface area (Å²) in [6.07, 6.45) is 1.10. The molecule has 19 nitrogen and oxygen atoms in total. The molecule has 2 saturated heterocycles. The van der Waals surface area contributed by atoms with Gasteiger partial charge in [0.1, 0.15) is 60.6 Å². The Balaban J connectivity index is 1.16. The molecule has 3 aliphatic rings. The van der Waals surface area contributed by atoms with Gasteiger partial charge in [-0.05, 0) is 53.3 Å². The van der Waals surface area contributed by atoms with E-state index in [0.717, 1.165) is 4.88 Å². The van der Waals surface area contributed by atoms with Crippen molar-refractivity contribution in [2.24, 2.45) is 0 Å². The van der Waals surface area contributed by atoms with E-state index < -0.39 is 88.1 Å². The predicted octanol–water partition coefficient (Wildman–Crippen LogP) is 4.60. The zero-order chi connectivity index (χ0) is 47.0. The number of thiophene rings is 1. The molecule has 6 heterocycles. The third-order valence-corrected chi connectivity index (χ3v) is 24.3. The first-order chi connectivity index (χ1) is 29.9. The topological polar surface area (TPSA) is 238 Å². The number of anilines is 1. The fraction of sp³-hybridized carbons (Fsp3) is 0.600. The van der Waals surface area contributed by atoms with Crippen LogP contribution in [0.4, 0.5) is 5.82 Å². The van der Waals surface area contributed by atoms with Crippen LogP contribution in [0.25, 0.3) is 11.2 Å². The number of nitrogen functional groups attached to an aromatic ring is 1. The van der Waals surface area contributed by atoms with E-state index in [1.165, 1.54) is 40.4 Å². The predicted molar refractivity (Wildman–Crippen MR) is 248 cm³/mol. The van der Waals surface area contributed by atoms with Gasteiger partial charge in [-0.1, -0.05) is 60.3 Å². The molecule has 0 bridgehead atoms. The number of imidazole rings is 1. The highest BCUT2D eigenvalue weighted by molar-refractivity contribution is 8.00. The number of carbonyl (C=O) groups is 3. The van der Waals surface area contributed by atoms with Crippen molar-refractivity contribution in [3.05, 3.63) is 59.0 Å². The van der Waals surface area contributed by atoms with Crippen molar-refractivity contribution in [1.82, 2.24) is 34.5 Å². The van der Waals surface area contributed by atoms with Crippen LogP contribution in [0.5, 0.6) is 0 Å². The van der Waals surface area contributed by atoms with Crippen LogP contribution >= 0.6 is 23.1 Å². The maximum Gasteiger partial charge on any atom is 0.355 e. The van der Waals surface area contributed by atoms with Gasteiger partial charge in [-0.15, -0.1) is 23.1 Å². The Morgan fingerprint density at radius 2 is 1.75 bits per heavy atom. The molecule has 4 N–H and O–H groups in total. The van der Waals surface area contributed by atoms with E-state index in [1.807, 2.05) is 17.5 Å². The Hall–Kier alpha value is -3.57. The second-order valence-corrected chi connectivity index (χ2v) is 31.8. The van der Waals surface area contributed by atoms with Crippen LogP contribution in [-0.2, 0) is 58.4 Å². The van der Waals surface area contributed by atoms with E-state index in [9.17, 15) is 22.8 Å². The highest BCUT2D eigenvalue weighted by Gasteiger charge is 2.56. The number of aromatic nitrogens is 4. The summed E-state index contributed by atoms with van der Waals surface area (Å²) >= 11 is 2.78. The number of nitrogens with one attached hydrogen (secondary N) is 2. The molecule has 6 rings (SSSR count). The lowest BCUT2D eigenvalue weighted by atomic mass is 10.0. The first-order valence-corrected chi connectivity index (χ1v) is 29.9. The summed E-state index contributed by atoms with van der Waals surface area (Å²) in [5.74, 6) is -1.13. The monoisotopic (exact) mass is 980 g/mol. The molecule has 0 aromatic carbocycles. The maximum absolute atomic E-state index is 13.5. The SMILES string of the molecule is C=CCOC(=O)C1=C(COCNS(=O)(=O)OC[C@H]2O[C@@H](n3cnc4c(N)ncnc43)C(O[Si](C)(C)C(C)(C)C)C2O[Si](C)(C)C(C)(C)C)CS[C@@H]2[C@H](NC(=O)Cc3cccs3)C(=O)N12. The minimum atomic E-state index is -4.47. The average Bonchev–Trinajstić information content (AvgIpc) is 3.96. The third-order valence-electron chi connectivity index (χ3n) is 12.2. The van der Waals surface area contributed by atoms with Crippen molar-refractivity contribution in [3.63, 3.8) is 0 Å². The number of ether oxygens (including phenoxy) is 3. The number of hydrogen-bond donors (Lipinski definition) is 3. The van der Waals surface area contributed by atoms with Crippen LogP contribution in [0, 0.1) is 0 Å². The molecule has 64 heavy (non-hydrogen) atoms. The Morgan fingerprint density at radius 3 is 2.39 bits per heavy atom. The van der Waals surface area contributed by atoms with Gasteiger partial charge in [-0.2, -0.15) is 13.1 Å². The quantitative estimate of drug-likeness (QED) is 0.0372. The maximum atomic E-state index is 13.5. The number of fused-ring (bicyclic) bond motifs is 2. The molecule has 3 aromatic heterocycles. The van der Waals surface area contributed by atoms with Gasteiger partial charge in [0.05, 0.1) is 26.0 Å². The molecule has 3 aliphatic heterocycles. The molecular weight excluding hydrogens is 921 g/mol. The van der Waals surface area contributed by atoms with Crippen LogP contribution in [-0.4, -0.2) is 129 Å². The van der Waals surface area contributed by atoms with Crippen molar-refractivity contribution >= 4 is 84.8 Å². The third kappa shape index (κ3) is 10.8. The fourth-order valence-electron chi connectivity index (χ4n) is 6.69. The van der Waals surface area contributed by atoms with Crippen molar-refractivity contribution in [2.45, 2.75) is 120 Å². The summed E-state index contributed by atoms with van der Waals surface area (Å²) in [7, 11) is -9.57. The van der Waals surface area contributed by atoms with Crippen LogP contribution in [0.2, 0.25) is 36.3 Å². The highest BCUT2D eigenvalue weighted by atomic mass is 32.2. The number of β-lactam (4-membered cyclic amide) rings is 1. The minimum absolute atomic E-state index is 0.0199. The molecule has 6 atom stereocenters. The van der Waals surface area contributed by atoms with E-state index in [-0.39, 0.29) is 52.9 Å². The molecule has 352 valence electrons. The van der Waals surface area contributed by atoms with Crippen molar-refractivity contribution < 1.29 is 50.0 Å². The van der Waals surface area contributed by atoms with Crippen LogP contribution in [0.3, 0.4) is 0 Å². The standard InChI is InChI=1S/C40H60N8O11S3Si2/c1-12-15-55-38(51)30-24(20-61-37-29(35(50)48(30)37)46-27(49)17-25-14-13-16-60-25)18-54-23-45-62(52,53)56-19-26-31(58-63(8,9)39(2,3)4)32(59-64(10,11)40(5,6)7)36(57-26)47-22-44-28-33(41)42-21-43-34(28)47/h12-14,16,21-22,26,29,31-32,36-37,45H,1,15,17-20,23H2,2-11H3,(H,46,49)(H2,41,42,43)/t26-,29-,31?,32?,36-,37-/m1/s1. The van der Waals surface area contributed by atoms with E-state index >= 15 is 0 Å². The Kier molecular flexibility index (Phi) is 15.1. The zero-order valence-electron chi connectivity index (χ0n) is 37.9. The summed E-state index contributed by atoms with van der Waals surface area (Å²) in [4.78, 5) is 54.6. The van der Waals surface area contributed by atoms with E-state index in [0.29, 0.717) is 16.7 Å². The second-order valence-electron chi connectivity index (χ2n) is 18.8. The normalized spacial score (nSPS) is 23.3. The number of thioether (sulfide) groups is 1. The fourth-order valence-corrected chi connectivity index (χ4v) is 12.0.